The quantitative estimate of drug-likeness (QED) is 0.859. The summed E-state index contributed by atoms with van der Waals surface area (Å²) in [5.74, 6) is 0.393. The first-order valence-corrected chi connectivity index (χ1v) is 5.04. The average Bonchev–Trinajstić information content (AvgIpc) is 2.25. The third kappa shape index (κ3) is 4.85. The number of rotatable bonds is 5. The van der Waals surface area contributed by atoms with Crippen LogP contribution in [-0.4, -0.2) is 13.0 Å². The van der Waals surface area contributed by atoms with Gasteiger partial charge in [-0.2, -0.15) is 0 Å². The molecule has 6 heteroatoms. The highest BCUT2D eigenvalue weighted by Gasteiger charge is 2.09. The van der Waals surface area contributed by atoms with Crippen LogP contribution in [0.15, 0.2) is 18.2 Å². The minimum atomic E-state index is -2.48. The first kappa shape index (κ1) is 16.1. The molecule has 0 aliphatic carbocycles. The number of alkyl halides is 2. The molecule has 0 aliphatic rings. The third-order valence-corrected chi connectivity index (χ3v) is 2.20. The maximum atomic E-state index is 12.0. The average molecular weight is 267 g/mol. The van der Waals surface area contributed by atoms with Gasteiger partial charge in [0.1, 0.15) is 12.4 Å². The van der Waals surface area contributed by atoms with E-state index in [2.05, 4.69) is 0 Å². The molecule has 0 aliphatic heterocycles. The van der Waals surface area contributed by atoms with Gasteiger partial charge in [-0.1, -0.05) is 6.07 Å². The largest absolute Gasteiger partial charge is 0.488 e. The zero-order valence-electron chi connectivity index (χ0n) is 9.53. The standard InChI is InChI=1S/C11H16F2N2O.ClH/c1-7(15)10-4-9(16-6-11(12)13)3-2-8(10)5-14;/h2-4,7,11H,5-6,14-15H2,1H3;1H. The van der Waals surface area contributed by atoms with E-state index in [0.29, 0.717) is 12.3 Å². The highest BCUT2D eigenvalue weighted by atomic mass is 35.5. The van der Waals surface area contributed by atoms with E-state index in [9.17, 15) is 8.78 Å². The fourth-order valence-corrected chi connectivity index (χ4v) is 1.43. The van der Waals surface area contributed by atoms with Crippen LogP contribution in [0.3, 0.4) is 0 Å². The van der Waals surface area contributed by atoms with E-state index in [1.807, 2.05) is 6.92 Å². The van der Waals surface area contributed by atoms with Crippen LogP contribution in [0.5, 0.6) is 5.75 Å². The summed E-state index contributed by atoms with van der Waals surface area (Å²) in [6.45, 7) is 1.57. The maximum absolute atomic E-state index is 12.0. The van der Waals surface area contributed by atoms with Gasteiger partial charge in [-0.3, -0.25) is 0 Å². The van der Waals surface area contributed by atoms with E-state index in [0.717, 1.165) is 11.1 Å². The van der Waals surface area contributed by atoms with Crippen LogP contribution < -0.4 is 16.2 Å². The van der Waals surface area contributed by atoms with Crippen molar-refractivity contribution in [2.45, 2.75) is 25.9 Å². The Hall–Kier alpha value is -0.910. The Morgan fingerprint density at radius 3 is 2.47 bits per heavy atom. The number of benzene rings is 1. The fourth-order valence-electron chi connectivity index (χ4n) is 1.43. The van der Waals surface area contributed by atoms with Crippen molar-refractivity contribution in [1.82, 2.24) is 0 Å². The molecular weight excluding hydrogens is 250 g/mol. The molecular formula is C11H17ClF2N2O. The lowest BCUT2D eigenvalue weighted by Crippen LogP contribution is -2.12. The smallest absolute Gasteiger partial charge is 0.272 e. The molecule has 0 saturated heterocycles. The Labute approximate surface area is 106 Å². The maximum Gasteiger partial charge on any atom is 0.272 e. The summed E-state index contributed by atoms with van der Waals surface area (Å²) < 4.78 is 28.8. The molecule has 1 aromatic rings. The Morgan fingerprint density at radius 2 is 2.00 bits per heavy atom. The summed E-state index contributed by atoms with van der Waals surface area (Å²) in [5.41, 5.74) is 13.0. The van der Waals surface area contributed by atoms with Gasteiger partial charge in [0, 0.05) is 12.6 Å². The lowest BCUT2D eigenvalue weighted by molar-refractivity contribution is 0.0818. The Morgan fingerprint density at radius 1 is 1.35 bits per heavy atom. The Kier molecular flexibility index (Phi) is 7.03. The van der Waals surface area contributed by atoms with Crippen LogP contribution in [0.4, 0.5) is 8.78 Å². The Balaban J connectivity index is 0.00000256. The van der Waals surface area contributed by atoms with Crippen molar-refractivity contribution in [1.29, 1.82) is 0 Å². The van der Waals surface area contributed by atoms with Gasteiger partial charge in [0.15, 0.2) is 0 Å². The third-order valence-electron chi connectivity index (χ3n) is 2.20. The highest BCUT2D eigenvalue weighted by Crippen LogP contribution is 2.22. The number of hydrogen-bond donors (Lipinski definition) is 2. The molecule has 0 saturated carbocycles. The van der Waals surface area contributed by atoms with Crippen molar-refractivity contribution in [3.8, 4) is 5.75 Å². The lowest BCUT2D eigenvalue weighted by atomic mass is 10.0. The number of ether oxygens (including phenoxy) is 1. The molecule has 0 fully saturated rings. The second-order valence-corrected chi connectivity index (χ2v) is 3.56. The summed E-state index contributed by atoms with van der Waals surface area (Å²) in [5, 5.41) is 0. The second-order valence-electron chi connectivity index (χ2n) is 3.56. The first-order valence-electron chi connectivity index (χ1n) is 5.04. The van der Waals surface area contributed by atoms with Crippen LogP contribution in [0.1, 0.15) is 24.1 Å². The van der Waals surface area contributed by atoms with Crippen LogP contribution in [-0.2, 0) is 6.54 Å². The van der Waals surface area contributed by atoms with Crippen LogP contribution in [0.25, 0.3) is 0 Å². The predicted octanol–water partition coefficient (Wildman–Crippen LogP) is 2.23. The molecule has 0 aromatic heterocycles. The molecule has 0 spiro atoms. The van der Waals surface area contributed by atoms with Crippen molar-refractivity contribution < 1.29 is 13.5 Å². The SMILES string of the molecule is CC(N)c1cc(OCC(F)F)ccc1CN.Cl. The highest BCUT2D eigenvalue weighted by molar-refractivity contribution is 5.85. The van der Waals surface area contributed by atoms with Crippen molar-refractivity contribution in [3.63, 3.8) is 0 Å². The van der Waals surface area contributed by atoms with Gasteiger partial charge in [-0.05, 0) is 30.2 Å². The summed E-state index contributed by atoms with van der Waals surface area (Å²) in [6.07, 6.45) is -2.48. The van der Waals surface area contributed by atoms with Gasteiger partial charge in [0.2, 0.25) is 0 Å². The fraction of sp³-hybridized carbons (Fsp3) is 0.455. The zero-order valence-corrected chi connectivity index (χ0v) is 10.3. The van der Waals surface area contributed by atoms with Crippen molar-refractivity contribution in [2.75, 3.05) is 6.61 Å². The molecule has 1 atom stereocenters. The number of nitrogens with two attached hydrogens (primary N) is 2. The van der Waals surface area contributed by atoms with Crippen LogP contribution in [0, 0.1) is 0 Å². The van der Waals surface area contributed by atoms with E-state index in [1.54, 1.807) is 18.2 Å². The van der Waals surface area contributed by atoms with E-state index in [4.69, 9.17) is 16.2 Å². The molecule has 17 heavy (non-hydrogen) atoms. The van der Waals surface area contributed by atoms with Crippen LogP contribution in [0.2, 0.25) is 0 Å². The van der Waals surface area contributed by atoms with E-state index in [-0.39, 0.29) is 18.4 Å². The molecule has 1 unspecified atom stereocenters. The van der Waals surface area contributed by atoms with E-state index in [1.165, 1.54) is 0 Å². The van der Waals surface area contributed by atoms with Gasteiger partial charge in [-0.15, -0.1) is 12.4 Å². The summed E-state index contributed by atoms with van der Waals surface area (Å²) in [7, 11) is 0. The minimum absolute atomic E-state index is 0. The summed E-state index contributed by atoms with van der Waals surface area (Å²) >= 11 is 0. The molecule has 0 bridgehead atoms. The molecule has 98 valence electrons. The number of halogens is 3. The van der Waals surface area contributed by atoms with E-state index >= 15 is 0 Å². The van der Waals surface area contributed by atoms with Gasteiger partial charge in [0.05, 0.1) is 0 Å². The molecule has 1 aromatic carbocycles. The molecule has 0 amide bonds. The van der Waals surface area contributed by atoms with Crippen molar-refractivity contribution in [2.24, 2.45) is 11.5 Å². The van der Waals surface area contributed by atoms with Gasteiger partial charge < -0.3 is 16.2 Å². The summed E-state index contributed by atoms with van der Waals surface area (Å²) in [4.78, 5) is 0. The molecule has 4 N–H and O–H groups in total. The van der Waals surface area contributed by atoms with Gasteiger partial charge in [0.25, 0.3) is 6.43 Å². The topological polar surface area (TPSA) is 61.3 Å². The van der Waals surface area contributed by atoms with Crippen LogP contribution >= 0.6 is 12.4 Å². The van der Waals surface area contributed by atoms with E-state index < -0.39 is 13.0 Å². The van der Waals surface area contributed by atoms with Gasteiger partial charge >= 0.3 is 0 Å². The lowest BCUT2D eigenvalue weighted by Gasteiger charge is -2.14. The monoisotopic (exact) mass is 266 g/mol. The normalized spacial score (nSPS) is 12.1. The molecule has 0 radical (unpaired) electrons. The Bertz CT molecular complexity index is 348. The summed E-state index contributed by atoms with van der Waals surface area (Å²) in [6, 6.07) is 4.83. The zero-order chi connectivity index (χ0) is 12.1. The minimum Gasteiger partial charge on any atom is -0.488 e. The number of hydrogen-bond acceptors (Lipinski definition) is 3. The molecule has 0 heterocycles. The van der Waals surface area contributed by atoms with Crippen molar-refractivity contribution in [3.05, 3.63) is 29.3 Å². The molecule has 1 rings (SSSR count). The predicted molar refractivity (Wildman–Crippen MR) is 65.7 cm³/mol. The molecule has 3 nitrogen and oxygen atoms in total. The first-order chi connectivity index (χ1) is 7.54. The van der Waals surface area contributed by atoms with Crippen molar-refractivity contribution >= 4 is 12.4 Å². The van der Waals surface area contributed by atoms with Gasteiger partial charge in [-0.25, -0.2) is 8.78 Å². The second kappa shape index (κ2) is 7.42.